The van der Waals surface area contributed by atoms with E-state index in [4.69, 9.17) is 9.47 Å². The summed E-state index contributed by atoms with van der Waals surface area (Å²) in [7, 11) is 1.68. The van der Waals surface area contributed by atoms with Crippen LogP contribution in [-0.2, 0) is 24.4 Å². The third kappa shape index (κ3) is 7.35. The molecular weight excluding hydrogens is 362 g/mol. The van der Waals surface area contributed by atoms with Crippen LogP contribution in [0.5, 0.6) is 5.75 Å². The molecule has 0 amide bonds. The zero-order valence-electron chi connectivity index (χ0n) is 16.9. The molecule has 0 aliphatic carbocycles. The summed E-state index contributed by atoms with van der Waals surface area (Å²) >= 11 is 0. The molecule has 4 heteroatoms. The molecule has 4 nitrogen and oxygen atoms in total. The zero-order chi connectivity index (χ0) is 20.3. The molecule has 29 heavy (non-hydrogen) atoms. The van der Waals surface area contributed by atoms with Crippen LogP contribution in [0, 0.1) is 0 Å². The van der Waals surface area contributed by atoms with Crippen molar-refractivity contribution in [2.45, 2.75) is 25.8 Å². The van der Waals surface area contributed by atoms with Gasteiger partial charge in [0.05, 0.1) is 26.4 Å². The van der Waals surface area contributed by atoms with Crippen molar-refractivity contribution in [2.75, 3.05) is 20.3 Å². The van der Waals surface area contributed by atoms with Crippen LogP contribution in [0.15, 0.2) is 84.9 Å². The quantitative estimate of drug-likeness (QED) is 0.530. The molecule has 3 aromatic rings. The number of aliphatic hydroxyl groups excluding tert-OH is 1. The Morgan fingerprint density at radius 1 is 0.793 bits per heavy atom. The molecule has 0 heterocycles. The summed E-state index contributed by atoms with van der Waals surface area (Å²) in [5.41, 5.74) is 3.47. The predicted octanol–water partition coefficient (Wildman–Crippen LogP) is 4.28. The smallest absolute Gasteiger partial charge is 0.119 e. The molecule has 0 bridgehead atoms. The molecule has 1 atom stereocenters. The minimum atomic E-state index is -0.562. The zero-order valence-corrected chi connectivity index (χ0v) is 16.9. The molecule has 0 aromatic heterocycles. The summed E-state index contributed by atoms with van der Waals surface area (Å²) in [6.45, 7) is 2.82. The van der Waals surface area contributed by atoms with Gasteiger partial charge in [-0.25, -0.2) is 0 Å². The third-order valence-electron chi connectivity index (χ3n) is 4.68. The van der Waals surface area contributed by atoms with E-state index in [0.717, 1.165) is 30.0 Å². The summed E-state index contributed by atoms with van der Waals surface area (Å²) in [6.07, 6.45) is -0.562. The van der Waals surface area contributed by atoms with Crippen LogP contribution in [-0.4, -0.2) is 36.4 Å². The topological polar surface area (TPSA) is 41.9 Å². The van der Waals surface area contributed by atoms with Gasteiger partial charge in [-0.1, -0.05) is 72.8 Å². The van der Waals surface area contributed by atoms with Gasteiger partial charge in [-0.2, -0.15) is 0 Å². The van der Waals surface area contributed by atoms with Crippen LogP contribution in [0.2, 0.25) is 0 Å². The van der Waals surface area contributed by atoms with E-state index in [-0.39, 0.29) is 0 Å². The van der Waals surface area contributed by atoms with Crippen molar-refractivity contribution >= 4 is 0 Å². The molecule has 0 saturated carbocycles. The number of hydrogen-bond donors (Lipinski definition) is 1. The largest absolute Gasteiger partial charge is 0.497 e. The fourth-order valence-corrected chi connectivity index (χ4v) is 3.29. The maximum Gasteiger partial charge on any atom is 0.119 e. The van der Waals surface area contributed by atoms with Crippen LogP contribution in [0.25, 0.3) is 0 Å². The van der Waals surface area contributed by atoms with Crippen LogP contribution < -0.4 is 4.74 Å². The summed E-state index contributed by atoms with van der Waals surface area (Å²) in [5, 5.41) is 10.6. The Balaban J connectivity index is 1.59. The second-order valence-electron chi connectivity index (χ2n) is 7.16. The highest BCUT2D eigenvalue weighted by atomic mass is 16.5. The molecule has 3 rings (SSSR count). The van der Waals surface area contributed by atoms with Crippen molar-refractivity contribution in [3.8, 4) is 5.75 Å². The van der Waals surface area contributed by atoms with Gasteiger partial charge in [-0.05, 0) is 28.8 Å². The molecular formula is C25H29NO3. The minimum Gasteiger partial charge on any atom is -0.497 e. The highest BCUT2D eigenvalue weighted by Crippen LogP contribution is 2.16. The molecule has 0 aliphatic rings. The van der Waals surface area contributed by atoms with Gasteiger partial charge in [0.2, 0.25) is 0 Å². The highest BCUT2D eigenvalue weighted by molar-refractivity contribution is 5.28. The number of hydrogen-bond acceptors (Lipinski definition) is 4. The van der Waals surface area contributed by atoms with Crippen LogP contribution in [0.1, 0.15) is 16.7 Å². The minimum absolute atomic E-state index is 0.304. The predicted molar refractivity (Wildman–Crippen MR) is 116 cm³/mol. The summed E-state index contributed by atoms with van der Waals surface area (Å²) < 4.78 is 11.1. The third-order valence-corrected chi connectivity index (χ3v) is 4.68. The lowest BCUT2D eigenvalue weighted by Gasteiger charge is -2.25. The molecule has 3 aromatic carbocycles. The van der Waals surface area contributed by atoms with E-state index in [0.29, 0.717) is 19.8 Å². The van der Waals surface area contributed by atoms with Crippen molar-refractivity contribution in [3.05, 3.63) is 102 Å². The Kier molecular flexibility index (Phi) is 8.25. The average Bonchev–Trinajstić information content (AvgIpc) is 2.75. The van der Waals surface area contributed by atoms with E-state index in [1.54, 1.807) is 7.11 Å². The van der Waals surface area contributed by atoms with E-state index in [9.17, 15) is 5.11 Å². The monoisotopic (exact) mass is 391 g/mol. The van der Waals surface area contributed by atoms with Crippen LogP contribution in [0.4, 0.5) is 0 Å². The second kappa shape index (κ2) is 11.4. The van der Waals surface area contributed by atoms with Gasteiger partial charge in [0.25, 0.3) is 0 Å². The average molecular weight is 392 g/mol. The summed E-state index contributed by atoms with van der Waals surface area (Å²) in [4.78, 5) is 2.24. The summed E-state index contributed by atoms with van der Waals surface area (Å²) in [5.74, 6) is 0.842. The lowest BCUT2D eigenvalue weighted by molar-refractivity contribution is 0.00712. The van der Waals surface area contributed by atoms with E-state index in [1.807, 2.05) is 66.7 Å². The lowest BCUT2D eigenvalue weighted by Crippen LogP contribution is -2.34. The normalized spacial score (nSPS) is 12.1. The van der Waals surface area contributed by atoms with Crippen molar-refractivity contribution in [1.29, 1.82) is 0 Å². The number of methoxy groups -OCH3 is 1. The molecule has 0 fully saturated rings. The second-order valence-corrected chi connectivity index (χ2v) is 7.16. The Morgan fingerprint density at radius 3 is 2.10 bits per heavy atom. The van der Waals surface area contributed by atoms with E-state index in [1.165, 1.54) is 5.56 Å². The standard InChI is InChI=1S/C25H29NO3/c1-28-25-14-8-13-23(15-25)17-26(16-21-9-4-2-5-10-21)18-24(27)20-29-19-22-11-6-3-7-12-22/h2-15,24,27H,16-20H2,1H3/t24-/m1/s1. The Bertz CT molecular complexity index is 839. The number of nitrogens with zero attached hydrogens (tertiary/aromatic N) is 1. The lowest BCUT2D eigenvalue weighted by atomic mass is 10.1. The van der Waals surface area contributed by atoms with Crippen molar-refractivity contribution in [2.24, 2.45) is 0 Å². The van der Waals surface area contributed by atoms with Gasteiger partial charge in [-0.15, -0.1) is 0 Å². The van der Waals surface area contributed by atoms with Gasteiger partial charge in [0.1, 0.15) is 5.75 Å². The highest BCUT2D eigenvalue weighted by Gasteiger charge is 2.14. The molecule has 0 saturated heterocycles. The number of rotatable bonds is 11. The first-order valence-electron chi connectivity index (χ1n) is 9.92. The number of ether oxygens (including phenoxy) is 2. The molecule has 0 radical (unpaired) electrons. The Hall–Kier alpha value is -2.66. The van der Waals surface area contributed by atoms with Gasteiger partial charge >= 0.3 is 0 Å². The van der Waals surface area contributed by atoms with Crippen molar-refractivity contribution in [1.82, 2.24) is 4.90 Å². The van der Waals surface area contributed by atoms with Gasteiger partial charge < -0.3 is 14.6 Å². The van der Waals surface area contributed by atoms with Crippen molar-refractivity contribution in [3.63, 3.8) is 0 Å². The molecule has 0 unspecified atom stereocenters. The number of aliphatic hydroxyl groups is 1. The fraction of sp³-hybridized carbons (Fsp3) is 0.280. The summed E-state index contributed by atoms with van der Waals surface area (Å²) in [6, 6.07) is 28.4. The first-order chi connectivity index (χ1) is 14.2. The Labute approximate surface area is 173 Å². The molecule has 0 aliphatic heterocycles. The fourth-order valence-electron chi connectivity index (χ4n) is 3.29. The first kappa shape index (κ1) is 21.1. The van der Waals surface area contributed by atoms with Gasteiger partial charge in [-0.3, -0.25) is 4.90 Å². The SMILES string of the molecule is COc1cccc(CN(Cc2ccccc2)C[C@@H](O)COCc2ccccc2)c1. The first-order valence-corrected chi connectivity index (χ1v) is 9.92. The van der Waals surface area contributed by atoms with E-state index >= 15 is 0 Å². The maximum absolute atomic E-state index is 10.6. The van der Waals surface area contributed by atoms with E-state index in [2.05, 4.69) is 23.1 Å². The molecule has 1 N–H and O–H groups in total. The Morgan fingerprint density at radius 2 is 1.41 bits per heavy atom. The van der Waals surface area contributed by atoms with Crippen LogP contribution >= 0.6 is 0 Å². The van der Waals surface area contributed by atoms with Crippen molar-refractivity contribution < 1.29 is 14.6 Å². The van der Waals surface area contributed by atoms with Gasteiger partial charge in [0, 0.05) is 19.6 Å². The molecule has 152 valence electrons. The maximum atomic E-state index is 10.6. The van der Waals surface area contributed by atoms with Gasteiger partial charge in [0.15, 0.2) is 0 Å². The van der Waals surface area contributed by atoms with E-state index < -0.39 is 6.10 Å². The van der Waals surface area contributed by atoms with Crippen LogP contribution in [0.3, 0.4) is 0 Å². The number of benzene rings is 3. The molecule has 0 spiro atoms.